The number of anilines is 1. The lowest BCUT2D eigenvalue weighted by molar-refractivity contribution is 0.582. The summed E-state index contributed by atoms with van der Waals surface area (Å²) in [5.74, 6) is -0.637. The van der Waals surface area contributed by atoms with Crippen molar-refractivity contribution < 1.29 is 4.39 Å². The summed E-state index contributed by atoms with van der Waals surface area (Å²) < 4.78 is 14.1. The molecule has 0 bridgehead atoms. The topological polar surface area (TPSA) is 60.9 Å². The van der Waals surface area contributed by atoms with Gasteiger partial charge in [-0.05, 0) is 18.2 Å². The molecular formula is C10H8FN3O. The molecule has 0 aliphatic rings. The van der Waals surface area contributed by atoms with Crippen molar-refractivity contribution in [2.45, 2.75) is 0 Å². The molecule has 0 aliphatic carbocycles. The van der Waals surface area contributed by atoms with Crippen LogP contribution >= 0.6 is 0 Å². The van der Waals surface area contributed by atoms with Crippen molar-refractivity contribution >= 4 is 5.69 Å². The van der Waals surface area contributed by atoms with Crippen molar-refractivity contribution in [3.63, 3.8) is 0 Å². The lowest BCUT2D eigenvalue weighted by Gasteiger charge is -2.05. The third-order valence-electron chi connectivity index (χ3n) is 1.96. The molecule has 2 heterocycles. The van der Waals surface area contributed by atoms with Crippen LogP contribution in [-0.4, -0.2) is 9.55 Å². The van der Waals surface area contributed by atoms with Crippen LogP contribution in [0, 0.1) is 5.95 Å². The Hall–Kier alpha value is -2.17. The van der Waals surface area contributed by atoms with Crippen molar-refractivity contribution in [3.05, 3.63) is 53.0 Å². The predicted molar refractivity (Wildman–Crippen MR) is 54.2 cm³/mol. The number of pyridine rings is 2. The standard InChI is InChI=1S/C10H8FN3O/c11-9-6-7(3-4-13-9)14-5-1-2-8(12)10(14)15/h1-6H,12H2. The summed E-state index contributed by atoms with van der Waals surface area (Å²) in [4.78, 5) is 15.0. The molecule has 4 nitrogen and oxygen atoms in total. The number of nitrogen functional groups attached to an aromatic ring is 1. The first-order chi connectivity index (χ1) is 7.18. The first-order valence-corrected chi connectivity index (χ1v) is 4.27. The van der Waals surface area contributed by atoms with Gasteiger partial charge >= 0.3 is 0 Å². The highest BCUT2D eigenvalue weighted by Crippen LogP contribution is 2.05. The summed E-state index contributed by atoms with van der Waals surface area (Å²) in [6.07, 6.45) is 2.81. The van der Waals surface area contributed by atoms with Crippen molar-refractivity contribution in [1.29, 1.82) is 0 Å². The number of rotatable bonds is 1. The van der Waals surface area contributed by atoms with Gasteiger partial charge in [0, 0.05) is 18.5 Å². The Morgan fingerprint density at radius 3 is 2.93 bits per heavy atom. The van der Waals surface area contributed by atoms with E-state index in [1.165, 1.54) is 35.2 Å². The summed E-state index contributed by atoms with van der Waals surface area (Å²) in [5, 5.41) is 0. The third kappa shape index (κ3) is 1.71. The maximum absolute atomic E-state index is 12.8. The lowest BCUT2D eigenvalue weighted by atomic mass is 10.3. The smallest absolute Gasteiger partial charge is 0.278 e. The zero-order chi connectivity index (χ0) is 10.8. The van der Waals surface area contributed by atoms with Gasteiger partial charge in [-0.2, -0.15) is 4.39 Å². The predicted octanol–water partition coefficient (Wildman–Crippen LogP) is 0.954. The van der Waals surface area contributed by atoms with Crippen LogP contribution in [0.15, 0.2) is 41.5 Å². The molecular weight excluding hydrogens is 197 g/mol. The maximum Gasteiger partial charge on any atom is 0.278 e. The quantitative estimate of drug-likeness (QED) is 0.705. The van der Waals surface area contributed by atoms with Crippen LogP contribution in [0.3, 0.4) is 0 Å². The number of aromatic nitrogens is 2. The monoisotopic (exact) mass is 205 g/mol. The number of hydrogen-bond donors (Lipinski definition) is 1. The lowest BCUT2D eigenvalue weighted by Crippen LogP contribution is -2.20. The fourth-order valence-corrected chi connectivity index (χ4v) is 1.26. The average Bonchev–Trinajstić information content (AvgIpc) is 2.22. The van der Waals surface area contributed by atoms with Crippen LogP contribution in [-0.2, 0) is 0 Å². The summed E-state index contributed by atoms with van der Waals surface area (Å²) >= 11 is 0. The molecule has 2 aromatic heterocycles. The Bertz CT molecular complexity index is 550. The highest BCUT2D eigenvalue weighted by Gasteiger charge is 2.02. The second kappa shape index (κ2) is 3.53. The highest BCUT2D eigenvalue weighted by atomic mass is 19.1. The van der Waals surface area contributed by atoms with Crippen LogP contribution in [0.5, 0.6) is 0 Å². The van der Waals surface area contributed by atoms with Gasteiger partial charge in [-0.3, -0.25) is 9.36 Å². The molecule has 0 spiro atoms. The van der Waals surface area contributed by atoms with Crippen molar-refractivity contribution in [1.82, 2.24) is 9.55 Å². The fourth-order valence-electron chi connectivity index (χ4n) is 1.26. The van der Waals surface area contributed by atoms with Gasteiger partial charge in [0.05, 0.1) is 11.4 Å². The van der Waals surface area contributed by atoms with E-state index in [1.54, 1.807) is 6.07 Å². The maximum atomic E-state index is 12.8. The van der Waals surface area contributed by atoms with Gasteiger partial charge in [-0.1, -0.05) is 0 Å². The van der Waals surface area contributed by atoms with E-state index in [2.05, 4.69) is 4.98 Å². The minimum absolute atomic E-state index is 0.120. The van der Waals surface area contributed by atoms with Gasteiger partial charge in [-0.15, -0.1) is 0 Å². The van der Waals surface area contributed by atoms with Gasteiger partial charge < -0.3 is 5.73 Å². The van der Waals surface area contributed by atoms with Gasteiger partial charge in [0.25, 0.3) is 5.56 Å². The minimum atomic E-state index is -0.637. The van der Waals surface area contributed by atoms with E-state index in [0.717, 1.165) is 0 Å². The van der Waals surface area contributed by atoms with Gasteiger partial charge in [0.2, 0.25) is 5.95 Å². The Balaban J connectivity index is 2.65. The van der Waals surface area contributed by atoms with Crippen molar-refractivity contribution in [2.75, 3.05) is 5.73 Å². The van der Waals surface area contributed by atoms with E-state index in [4.69, 9.17) is 5.73 Å². The second-order valence-electron chi connectivity index (χ2n) is 2.98. The van der Waals surface area contributed by atoms with E-state index in [0.29, 0.717) is 5.69 Å². The Kier molecular flexibility index (Phi) is 2.21. The zero-order valence-corrected chi connectivity index (χ0v) is 7.72. The fraction of sp³-hybridized carbons (Fsp3) is 0. The molecule has 0 amide bonds. The molecule has 0 unspecified atom stereocenters. The summed E-state index contributed by atoms with van der Waals surface area (Å²) in [6, 6.07) is 5.82. The molecule has 5 heteroatoms. The molecule has 0 atom stereocenters. The molecule has 76 valence electrons. The molecule has 0 aromatic carbocycles. The van der Waals surface area contributed by atoms with E-state index in [9.17, 15) is 9.18 Å². The average molecular weight is 205 g/mol. The number of nitrogens with two attached hydrogens (primary N) is 1. The van der Waals surface area contributed by atoms with Gasteiger partial charge in [0.1, 0.15) is 0 Å². The number of hydrogen-bond acceptors (Lipinski definition) is 3. The molecule has 2 rings (SSSR count). The summed E-state index contributed by atoms with van der Waals surface area (Å²) in [5.41, 5.74) is 5.60. The van der Waals surface area contributed by atoms with Crippen molar-refractivity contribution in [3.8, 4) is 5.69 Å². The number of nitrogens with zero attached hydrogens (tertiary/aromatic N) is 2. The van der Waals surface area contributed by atoms with Crippen LogP contribution in [0.2, 0.25) is 0 Å². The van der Waals surface area contributed by atoms with Crippen LogP contribution in [0.1, 0.15) is 0 Å². The minimum Gasteiger partial charge on any atom is -0.394 e. The second-order valence-corrected chi connectivity index (χ2v) is 2.98. The Labute approximate surface area is 84.8 Å². The SMILES string of the molecule is Nc1cccn(-c2ccnc(F)c2)c1=O. The zero-order valence-electron chi connectivity index (χ0n) is 7.72. The molecule has 0 fully saturated rings. The molecule has 2 aromatic rings. The largest absolute Gasteiger partial charge is 0.394 e. The highest BCUT2D eigenvalue weighted by molar-refractivity contribution is 5.39. The Morgan fingerprint density at radius 1 is 1.40 bits per heavy atom. The van der Waals surface area contributed by atoms with Crippen LogP contribution < -0.4 is 11.3 Å². The molecule has 15 heavy (non-hydrogen) atoms. The van der Waals surface area contributed by atoms with Gasteiger partial charge in [0.15, 0.2) is 0 Å². The van der Waals surface area contributed by atoms with E-state index in [1.807, 2.05) is 0 Å². The molecule has 0 saturated carbocycles. The van der Waals surface area contributed by atoms with Crippen molar-refractivity contribution in [2.24, 2.45) is 0 Å². The molecule has 2 N–H and O–H groups in total. The molecule has 0 aliphatic heterocycles. The van der Waals surface area contributed by atoms with E-state index < -0.39 is 5.95 Å². The first kappa shape index (κ1) is 9.39. The third-order valence-corrected chi connectivity index (χ3v) is 1.96. The molecule has 0 saturated heterocycles. The van der Waals surface area contributed by atoms with Gasteiger partial charge in [-0.25, -0.2) is 4.98 Å². The van der Waals surface area contributed by atoms with E-state index in [-0.39, 0.29) is 11.2 Å². The first-order valence-electron chi connectivity index (χ1n) is 4.27. The molecule has 0 radical (unpaired) electrons. The summed E-state index contributed by atoms with van der Waals surface area (Å²) in [7, 11) is 0. The Morgan fingerprint density at radius 2 is 2.20 bits per heavy atom. The summed E-state index contributed by atoms with van der Waals surface area (Å²) in [6.45, 7) is 0. The van der Waals surface area contributed by atoms with E-state index >= 15 is 0 Å². The van der Waals surface area contributed by atoms with Crippen LogP contribution in [0.4, 0.5) is 10.1 Å². The van der Waals surface area contributed by atoms with Crippen LogP contribution in [0.25, 0.3) is 5.69 Å². The number of halogens is 1. The normalized spacial score (nSPS) is 10.2.